The minimum atomic E-state index is 0.259. The number of aryl methyl sites for hydroxylation is 1. The van der Waals surface area contributed by atoms with Gasteiger partial charge in [0.2, 0.25) is 0 Å². The number of para-hydroxylation sites is 1. The monoisotopic (exact) mass is 243 g/mol. The molecule has 0 spiro atoms. The highest BCUT2D eigenvalue weighted by Gasteiger charge is 2.05. The molecule has 0 radical (unpaired) electrons. The van der Waals surface area contributed by atoms with Crippen molar-refractivity contribution in [2.45, 2.75) is 13.5 Å². The third-order valence-electron chi connectivity index (χ3n) is 2.61. The summed E-state index contributed by atoms with van der Waals surface area (Å²) in [6.45, 7) is 3.17. The number of hydrogen-bond donors (Lipinski definition) is 0. The SMILES string of the molecule is C#CCOc1cc(=S)n(CC)c2ccccc12. The molecule has 0 atom stereocenters. The van der Waals surface area contributed by atoms with Gasteiger partial charge in [0, 0.05) is 18.0 Å². The molecule has 2 rings (SSSR count). The van der Waals surface area contributed by atoms with Crippen LogP contribution in [0.25, 0.3) is 10.9 Å². The molecule has 0 amide bonds. The smallest absolute Gasteiger partial charge is 0.148 e. The van der Waals surface area contributed by atoms with E-state index in [1.54, 1.807) is 0 Å². The average Bonchev–Trinajstić information content (AvgIpc) is 2.36. The fourth-order valence-corrected chi connectivity index (χ4v) is 2.20. The lowest BCUT2D eigenvalue weighted by atomic mass is 10.2. The minimum absolute atomic E-state index is 0.259. The van der Waals surface area contributed by atoms with Gasteiger partial charge in [0.1, 0.15) is 17.0 Å². The van der Waals surface area contributed by atoms with Crippen molar-refractivity contribution in [2.24, 2.45) is 0 Å². The lowest BCUT2D eigenvalue weighted by molar-refractivity contribution is 0.374. The van der Waals surface area contributed by atoms with Gasteiger partial charge in [-0.2, -0.15) is 0 Å². The third kappa shape index (κ3) is 2.17. The molecule has 1 aromatic heterocycles. The van der Waals surface area contributed by atoms with Crippen LogP contribution in [0.2, 0.25) is 0 Å². The first-order chi connectivity index (χ1) is 8.27. The Morgan fingerprint density at radius 3 is 2.88 bits per heavy atom. The summed E-state index contributed by atoms with van der Waals surface area (Å²) in [7, 11) is 0. The molecular formula is C14H13NOS. The molecule has 0 N–H and O–H groups in total. The van der Waals surface area contributed by atoms with E-state index in [9.17, 15) is 0 Å². The van der Waals surface area contributed by atoms with E-state index in [1.165, 1.54) is 0 Å². The van der Waals surface area contributed by atoms with Gasteiger partial charge < -0.3 is 9.30 Å². The second kappa shape index (κ2) is 5.03. The minimum Gasteiger partial charge on any atom is -0.480 e. The summed E-state index contributed by atoms with van der Waals surface area (Å²) in [5.74, 6) is 3.22. The van der Waals surface area contributed by atoms with Gasteiger partial charge in [-0.05, 0) is 19.1 Å². The summed E-state index contributed by atoms with van der Waals surface area (Å²) < 4.78 is 8.37. The Morgan fingerprint density at radius 2 is 2.18 bits per heavy atom. The Hall–Kier alpha value is -1.79. The van der Waals surface area contributed by atoms with Crippen LogP contribution in [0.4, 0.5) is 0 Å². The summed E-state index contributed by atoms with van der Waals surface area (Å²) in [6.07, 6.45) is 5.21. The van der Waals surface area contributed by atoms with Crippen LogP contribution < -0.4 is 4.74 Å². The number of fused-ring (bicyclic) bond motifs is 1. The van der Waals surface area contributed by atoms with Crippen LogP contribution in [0.15, 0.2) is 30.3 Å². The van der Waals surface area contributed by atoms with E-state index in [2.05, 4.69) is 17.4 Å². The first kappa shape index (κ1) is 11.7. The van der Waals surface area contributed by atoms with Crippen molar-refractivity contribution in [2.75, 3.05) is 6.61 Å². The molecule has 0 aliphatic heterocycles. The van der Waals surface area contributed by atoms with Crippen molar-refractivity contribution in [3.05, 3.63) is 35.0 Å². The Bertz CT molecular complexity index is 637. The Balaban J connectivity index is 2.71. The van der Waals surface area contributed by atoms with Gasteiger partial charge >= 0.3 is 0 Å². The number of nitrogens with zero attached hydrogens (tertiary/aromatic N) is 1. The molecule has 0 unspecified atom stereocenters. The number of terminal acetylenes is 1. The summed E-state index contributed by atoms with van der Waals surface area (Å²) in [4.78, 5) is 0. The molecular weight excluding hydrogens is 230 g/mol. The summed E-state index contributed by atoms with van der Waals surface area (Å²) in [5.41, 5.74) is 1.08. The van der Waals surface area contributed by atoms with E-state index in [4.69, 9.17) is 23.4 Å². The molecule has 17 heavy (non-hydrogen) atoms. The summed E-state index contributed by atoms with van der Waals surface area (Å²) in [5, 5.41) is 1.04. The predicted octanol–water partition coefficient (Wildman–Crippen LogP) is 3.40. The van der Waals surface area contributed by atoms with E-state index in [0.29, 0.717) is 0 Å². The highest BCUT2D eigenvalue weighted by atomic mass is 32.1. The van der Waals surface area contributed by atoms with Crippen LogP contribution in [0.3, 0.4) is 0 Å². The van der Waals surface area contributed by atoms with E-state index in [1.807, 2.05) is 30.3 Å². The fourth-order valence-electron chi connectivity index (χ4n) is 1.87. The molecule has 0 aliphatic carbocycles. The Morgan fingerprint density at radius 1 is 1.41 bits per heavy atom. The van der Waals surface area contributed by atoms with Gasteiger partial charge in [-0.3, -0.25) is 0 Å². The van der Waals surface area contributed by atoms with Gasteiger partial charge in [-0.1, -0.05) is 30.3 Å². The first-order valence-corrected chi connectivity index (χ1v) is 5.87. The lowest BCUT2D eigenvalue weighted by Gasteiger charge is -2.13. The van der Waals surface area contributed by atoms with Crippen molar-refractivity contribution in [1.29, 1.82) is 0 Å². The number of aromatic nitrogens is 1. The van der Waals surface area contributed by atoms with Crippen molar-refractivity contribution >= 4 is 23.1 Å². The van der Waals surface area contributed by atoms with Crippen LogP contribution >= 0.6 is 12.2 Å². The predicted molar refractivity (Wildman–Crippen MR) is 72.8 cm³/mol. The lowest BCUT2D eigenvalue weighted by Crippen LogP contribution is -2.02. The van der Waals surface area contributed by atoms with Gasteiger partial charge in [-0.15, -0.1) is 6.42 Å². The number of pyridine rings is 1. The van der Waals surface area contributed by atoms with E-state index < -0.39 is 0 Å². The molecule has 0 saturated heterocycles. The van der Waals surface area contributed by atoms with Crippen molar-refractivity contribution in [1.82, 2.24) is 4.57 Å². The fraction of sp³-hybridized carbons (Fsp3) is 0.214. The van der Waals surface area contributed by atoms with Gasteiger partial charge in [-0.25, -0.2) is 0 Å². The molecule has 2 aromatic rings. The largest absolute Gasteiger partial charge is 0.480 e. The van der Waals surface area contributed by atoms with E-state index >= 15 is 0 Å². The summed E-state index contributed by atoms with van der Waals surface area (Å²) in [6, 6.07) is 9.89. The van der Waals surface area contributed by atoms with E-state index in [0.717, 1.165) is 27.8 Å². The Labute approximate surface area is 106 Å². The number of benzene rings is 1. The van der Waals surface area contributed by atoms with Gasteiger partial charge in [0.15, 0.2) is 0 Å². The Kier molecular flexibility index (Phi) is 3.46. The molecule has 86 valence electrons. The second-order valence-corrected chi connectivity index (χ2v) is 4.02. The molecule has 0 fully saturated rings. The zero-order chi connectivity index (χ0) is 12.3. The van der Waals surface area contributed by atoms with Crippen LogP contribution in [-0.2, 0) is 6.54 Å². The molecule has 1 aromatic carbocycles. The van der Waals surface area contributed by atoms with Crippen LogP contribution in [-0.4, -0.2) is 11.2 Å². The summed E-state index contributed by atoms with van der Waals surface area (Å²) >= 11 is 5.35. The quantitative estimate of drug-likeness (QED) is 0.606. The zero-order valence-corrected chi connectivity index (χ0v) is 10.5. The topological polar surface area (TPSA) is 14.2 Å². The molecule has 3 heteroatoms. The maximum atomic E-state index is 5.53. The van der Waals surface area contributed by atoms with Crippen LogP contribution in [0.5, 0.6) is 5.75 Å². The highest BCUT2D eigenvalue weighted by molar-refractivity contribution is 7.71. The first-order valence-electron chi connectivity index (χ1n) is 5.46. The van der Waals surface area contributed by atoms with Crippen molar-refractivity contribution in [3.63, 3.8) is 0 Å². The third-order valence-corrected chi connectivity index (χ3v) is 2.95. The van der Waals surface area contributed by atoms with Crippen LogP contribution in [0.1, 0.15) is 6.92 Å². The number of hydrogen-bond acceptors (Lipinski definition) is 2. The second-order valence-electron chi connectivity index (χ2n) is 3.60. The zero-order valence-electron chi connectivity index (χ0n) is 9.64. The maximum absolute atomic E-state index is 5.53. The standard InChI is InChI=1S/C14H13NOS/c1-3-9-16-13-10-14(17)15(4-2)12-8-6-5-7-11(12)13/h1,5-8,10H,4,9H2,2H3. The van der Waals surface area contributed by atoms with Crippen LogP contribution in [0, 0.1) is 17.0 Å². The van der Waals surface area contributed by atoms with Gasteiger partial charge in [0.25, 0.3) is 0 Å². The molecule has 0 bridgehead atoms. The maximum Gasteiger partial charge on any atom is 0.148 e. The van der Waals surface area contributed by atoms with Crippen molar-refractivity contribution in [3.8, 4) is 18.1 Å². The van der Waals surface area contributed by atoms with Gasteiger partial charge in [0.05, 0.1) is 5.52 Å². The molecule has 2 nitrogen and oxygen atoms in total. The average molecular weight is 243 g/mol. The highest BCUT2D eigenvalue weighted by Crippen LogP contribution is 2.26. The van der Waals surface area contributed by atoms with Crippen molar-refractivity contribution < 1.29 is 4.74 Å². The number of ether oxygens (including phenoxy) is 1. The molecule has 1 heterocycles. The van der Waals surface area contributed by atoms with E-state index in [-0.39, 0.29) is 6.61 Å². The number of rotatable bonds is 3. The molecule has 0 aliphatic rings. The normalized spacial score (nSPS) is 10.1. The molecule has 0 saturated carbocycles.